The summed E-state index contributed by atoms with van der Waals surface area (Å²) in [6.07, 6.45) is 2.83. The Morgan fingerprint density at radius 2 is 1.90 bits per heavy atom. The summed E-state index contributed by atoms with van der Waals surface area (Å²) in [4.78, 5) is 2.10. The van der Waals surface area contributed by atoms with Gasteiger partial charge in [-0.2, -0.15) is 15.8 Å². The number of hydrogen-bond donors (Lipinski definition) is 1. The van der Waals surface area contributed by atoms with Crippen LogP contribution in [0.2, 0.25) is 0 Å². The first-order valence-corrected chi connectivity index (χ1v) is 10.6. The molecule has 0 spiro atoms. The zero-order valence-electron chi connectivity index (χ0n) is 18.2. The van der Waals surface area contributed by atoms with Crippen LogP contribution in [0.3, 0.4) is 0 Å². The van der Waals surface area contributed by atoms with Gasteiger partial charge in [0, 0.05) is 24.9 Å². The third kappa shape index (κ3) is 3.76. The van der Waals surface area contributed by atoms with Crippen molar-refractivity contribution in [2.45, 2.75) is 26.2 Å². The third-order valence-electron chi connectivity index (χ3n) is 6.06. The van der Waals surface area contributed by atoms with Crippen LogP contribution < -0.4 is 9.47 Å². The molecule has 1 fully saturated rings. The van der Waals surface area contributed by atoms with Gasteiger partial charge in [0.05, 0.1) is 37.1 Å². The first-order valence-electron chi connectivity index (χ1n) is 10.6. The van der Waals surface area contributed by atoms with Gasteiger partial charge in [-0.1, -0.05) is 19.1 Å². The first-order chi connectivity index (χ1) is 15.0. The van der Waals surface area contributed by atoms with Gasteiger partial charge in [0.2, 0.25) is 0 Å². The van der Waals surface area contributed by atoms with E-state index in [9.17, 15) is 15.8 Å². The second kappa shape index (κ2) is 9.21. The Hall–Kier alpha value is -3.34. The molecule has 0 bridgehead atoms. The fourth-order valence-corrected chi connectivity index (χ4v) is 4.65. The van der Waals surface area contributed by atoms with Gasteiger partial charge < -0.3 is 19.8 Å². The van der Waals surface area contributed by atoms with Crippen molar-refractivity contribution in [2.24, 2.45) is 17.3 Å². The molecule has 1 aromatic carbocycles. The number of likely N-dealkylation sites (N-methyl/N-ethyl adjacent to an activating group) is 1. The molecule has 1 saturated carbocycles. The summed E-state index contributed by atoms with van der Waals surface area (Å²) in [5.41, 5.74) is -0.291. The SMILES string of the molecule is CCCOc1ccc([C@@H]2[C@@H]3CN(C)CC=C3[C@H](C#N)C(=N)C2(C#N)C#N)cc1OCC. The molecule has 1 N–H and O–H groups in total. The van der Waals surface area contributed by atoms with Crippen LogP contribution in [0.5, 0.6) is 11.5 Å². The van der Waals surface area contributed by atoms with Gasteiger partial charge in [0.25, 0.3) is 0 Å². The van der Waals surface area contributed by atoms with Crippen molar-refractivity contribution >= 4 is 5.71 Å². The molecule has 3 atom stereocenters. The molecule has 0 radical (unpaired) electrons. The molecule has 0 unspecified atom stereocenters. The van der Waals surface area contributed by atoms with E-state index in [0.29, 0.717) is 37.8 Å². The summed E-state index contributed by atoms with van der Waals surface area (Å²) in [7, 11) is 1.97. The number of nitrogens with one attached hydrogen (secondary N) is 1. The molecule has 160 valence electrons. The maximum Gasteiger partial charge on any atom is 0.189 e. The van der Waals surface area contributed by atoms with Gasteiger partial charge in [-0.15, -0.1) is 0 Å². The number of nitriles is 3. The minimum atomic E-state index is -1.73. The molecule has 2 aliphatic rings. The second-order valence-electron chi connectivity index (χ2n) is 8.00. The fourth-order valence-electron chi connectivity index (χ4n) is 4.65. The Kier molecular flexibility index (Phi) is 6.64. The van der Waals surface area contributed by atoms with Crippen LogP contribution in [0.1, 0.15) is 31.7 Å². The predicted molar refractivity (Wildman–Crippen MR) is 116 cm³/mol. The average Bonchev–Trinajstić information content (AvgIpc) is 2.78. The van der Waals surface area contributed by atoms with E-state index in [2.05, 4.69) is 23.1 Å². The maximum atomic E-state index is 10.1. The van der Waals surface area contributed by atoms with E-state index in [1.165, 1.54) is 0 Å². The van der Waals surface area contributed by atoms with Gasteiger partial charge in [0.1, 0.15) is 5.92 Å². The highest BCUT2D eigenvalue weighted by Gasteiger charge is 2.57. The van der Waals surface area contributed by atoms with Crippen molar-refractivity contribution in [3.05, 3.63) is 35.4 Å². The minimum Gasteiger partial charge on any atom is -0.490 e. The fraction of sp³-hybridized carbons (Fsp3) is 0.500. The Bertz CT molecular complexity index is 996. The normalized spacial score (nSPS) is 24.7. The van der Waals surface area contributed by atoms with E-state index in [1.807, 2.05) is 45.2 Å². The molecule has 1 heterocycles. The van der Waals surface area contributed by atoms with E-state index in [0.717, 1.165) is 17.6 Å². The van der Waals surface area contributed by atoms with Crippen molar-refractivity contribution in [2.75, 3.05) is 33.4 Å². The summed E-state index contributed by atoms with van der Waals surface area (Å²) in [5, 5.41) is 38.8. The van der Waals surface area contributed by atoms with Crippen molar-refractivity contribution in [1.82, 2.24) is 4.90 Å². The molecule has 31 heavy (non-hydrogen) atoms. The highest BCUT2D eigenvalue weighted by atomic mass is 16.5. The summed E-state index contributed by atoms with van der Waals surface area (Å²) >= 11 is 0. The topological polar surface area (TPSA) is 117 Å². The predicted octanol–water partition coefficient (Wildman–Crippen LogP) is 3.65. The number of rotatable bonds is 6. The number of nitrogens with zero attached hydrogens (tertiary/aromatic N) is 4. The molecule has 1 aliphatic carbocycles. The summed E-state index contributed by atoms with van der Waals surface area (Å²) in [6, 6.07) is 11.9. The largest absolute Gasteiger partial charge is 0.490 e. The summed E-state index contributed by atoms with van der Waals surface area (Å²) in [5.74, 6) is -0.499. The van der Waals surface area contributed by atoms with Crippen LogP contribution in [-0.2, 0) is 0 Å². The maximum absolute atomic E-state index is 10.1. The van der Waals surface area contributed by atoms with Crippen molar-refractivity contribution < 1.29 is 9.47 Å². The molecular weight excluding hydrogens is 390 g/mol. The lowest BCUT2D eigenvalue weighted by Gasteiger charge is -2.47. The molecule has 0 saturated heterocycles. The molecule has 1 aliphatic heterocycles. The molecule has 0 amide bonds. The van der Waals surface area contributed by atoms with Gasteiger partial charge in [-0.05, 0) is 43.7 Å². The van der Waals surface area contributed by atoms with Gasteiger partial charge in [-0.25, -0.2) is 0 Å². The highest BCUT2D eigenvalue weighted by molar-refractivity contribution is 6.00. The van der Waals surface area contributed by atoms with Crippen LogP contribution in [-0.4, -0.2) is 44.0 Å². The van der Waals surface area contributed by atoms with Crippen LogP contribution in [0.25, 0.3) is 0 Å². The molecule has 0 aromatic heterocycles. The van der Waals surface area contributed by atoms with Gasteiger partial charge >= 0.3 is 0 Å². The molecule has 7 heteroatoms. The van der Waals surface area contributed by atoms with Gasteiger partial charge in [-0.3, -0.25) is 0 Å². The number of ether oxygens (including phenoxy) is 2. The van der Waals surface area contributed by atoms with Crippen LogP contribution in [0.15, 0.2) is 29.8 Å². The standard InChI is InChI=1S/C24H27N5O2/c1-4-10-31-20-7-6-16(11-21(20)30-5-2)22-19-13-29(3)9-8-17(19)18(12-25)23(28)24(22,14-26)15-27/h6-8,11,18-19,22,28H,4-5,9-10,13H2,1-3H3/t18-,19+,22+/m0/s1. The zero-order valence-corrected chi connectivity index (χ0v) is 18.2. The van der Waals surface area contributed by atoms with Crippen molar-refractivity contribution in [3.63, 3.8) is 0 Å². The van der Waals surface area contributed by atoms with Crippen molar-refractivity contribution in [3.8, 4) is 29.7 Å². The molecule has 7 nitrogen and oxygen atoms in total. The van der Waals surface area contributed by atoms with E-state index < -0.39 is 17.3 Å². The molecular formula is C24H27N5O2. The van der Waals surface area contributed by atoms with Crippen LogP contribution >= 0.6 is 0 Å². The Labute approximate surface area is 183 Å². The van der Waals surface area contributed by atoms with E-state index in [4.69, 9.17) is 14.9 Å². The van der Waals surface area contributed by atoms with Gasteiger partial charge in [0.15, 0.2) is 16.9 Å². The zero-order chi connectivity index (χ0) is 22.6. The highest BCUT2D eigenvalue weighted by Crippen LogP contribution is 2.54. The quantitative estimate of drug-likeness (QED) is 0.706. The Morgan fingerprint density at radius 1 is 1.16 bits per heavy atom. The molecule has 1 aromatic rings. The second-order valence-corrected chi connectivity index (χ2v) is 8.00. The van der Waals surface area contributed by atoms with Crippen molar-refractivity contribution in [1.29, 1.82) is 21.2 Å². The Balaban J connectivity index is 2.19. The average molecular weight is 418 g/mol. The summed E-state index contributed by atoms with van der Waals surface area (Å²) in [6.45, 7) is 6.18. The minimum absolute atomic E-state index is 0.138. The van der Waals surface area contributed by atoms with E-state index in [1.54, 1.807) is 0 Å². The first kappa shape index (κ1) is 22.3. The van der Waals surface area contributed by atoms with Crippen LogP contribution in [0, 0.1) is 56.7 Å². The lowest BCUT2D eigenvalue weighted by atomic mass is 9.54. The third-order valence-corrected chi connectivity index (χ3v) is 6.06. The Morgan fingerprint density at radius 3 is 2.52 bits per heavy atom. The molecule has 3 rings (SSSR count). The van der Waals surface area contributed by atoms with E-state index in [-0.39, 0.29) is 11.6 Å². The summed E-state index contributed by atoms with van der Waals surface area (Å²) < 4.78 is 11.6. The monoisotopic (exact) mass is 417 g/mol. The number of hydrogen-bond acceptors (Lipinski definition) is 7. The smallest absolute Gasteiger partial charge is 0.189 e. The van der Waals surface area contributed by atoms with E-state index >= 15 is 0 Å². The number of benzene rings is 1. The lowest BCUT2D eigenvalue weighted by molar-refractivity contribution is 0.234. The van der Waals surface area contributed by atoms with Crippen LogP contribution in [0.4, 0.5) is 0 Å². The number of fused-ring (bicyclic) bond motifs is 1. The lowest BCUT2D eigenvalue weighted by Crippen LogP contribution is -2.52.